The van der Waals surface area contributed by atoms with Crippen LogP contribution in [0.5, 0.6) is 11.5 Å². The smallest absolute Gasteiger partial charge is 0.458 e. The van der Waals surface area contributed by atoms with Gasteiger partial charge in [-0.1, -0.05) is 66.7 Å². The molecule has 3 nitrogen and oxygen atoms in total. The van der Waals surface area contributed by atoms with Crippen molar-refractivity contribution in [1.29, 1.82) is 0 Å². The fourth-order valence-corrected chi connectivity index (χ4v) is 5.91. The van der Waals surface area contributed by atoms with Crippen molar-refractivity contribution in [3.8, 4) is 11.5 Å². The van der Waals surface area contributed by atoms with Crippen LogP contribution in [0.25, 0.3) is 5.57 Å². The van der Waals surface area contributed by atoms with Gasteiger partial charge in [0.05, 0.1) is 11.3 Å². The van der Waals surface area contributed by atoms with E-state index in [0.29, 0.717) is 0 Å². The number of aryl methyl sites for hydroxylation is 2. The van der Waals surface area contributed by atoms with Gasteiger partial charge in [-0.15, -0.1) is 0 Å². The van der Waals surface area contributed by atoms with Crippen LogP contribution in [0.3, 0.4) is 0 Å². The van der Waals surface area contributed by atoms with Crippen LogP contribution in [0.1, 0.15) is 36.4 Å². The number of nitrogens with zero attached hydrogens (tertiary/aromatic N) is 2. The number of aromatic nitrogens is 1. The van der Waals surface area contributed by atoms with Gasteiger partial charge >= 0.3 is 6.85 Å². The highest BCUT2D eigenvalue weighted by atomic mass is 16.5. The molecule has 3 heterocycles. The van der Waals surface area contributed by atoms with E-state index in [1.54, 1.807) is 0 Å². The lowest BCUT2D eigenvalue weighted by Crippen LogP contribution is -2.55. The zero-order valence-corrected chi connectivity index (χ0v) is 21.5. The molecule has 0 amide bonds. The summed E-state index contributed by atoms with van der Waals surface area (Å²) < 4.78 is 11.2. The van der Waals surface area contributed by atoms with E-state index in [0.717, 1.165) is 11.5 Å². The Balaban J connectivity index is 1.70. The van der Waals surface area contributed by atoms with Crippen LogP contribution < -0.4 is 15.7 Å². The second kappa shape index (κ2) is 8.56. The standard InChI is InChI=1S/C32H30BN2O/c1-21-19-23(3)34(5)31(21)30(25-13-7-6-8-14-25)32-22(2)20-24(4)35(32)33-26-15-9-11-17-28(26)36-29-18-12-10-16-27(29)33/h6-20H,1-5H3/q+1. The Labute approximate surface area is 213 Å². The molecule has 0 atom stereocenters. The summed E-state index contributed by atoms with van der Waals surface area (Å²) in [6.07, 6.45) is 2.32. The van der Waals surface area contributed by atoms with Gasteiger partial charge in [0.15, 0.2) is 11.4 Å². The Kier molecular flexibility index (Phi) is 5.33. The van der Waals surface area contributed by atoms with Gasteiger partial charge < -0.3 is 9.30 Å². The molecule has 1 aromatic heterocycles. The summed E-state index contributed by atoms with van der Waals surface area (Å²) in [5.41, 5.74) is 12.4. The summed E-state index contributed by atoms with van der Waals surface area (Å²) >= 11 is 0. The van der Waals surface area contributed by atoms with Crippen LogP contribution >= 0.6 is 0 Å². The highest BCUT2D eigenvalue weighted by Gasteiger charge is 2.48. The molecule has 36 heavy (non-hydrogen) atoms. The van der Waals surface area contributed by atoms with Crippen LogP contribution in [0, 0.1) is 13.8 Å². The SMILES string of the molecule is CC1=CC(C)=[N+](B2c3ccccc3Oc3ccccc32)/C1=C(/c1ccccc1)c1c(C)cc(C)n1C. The quantitative estimate of drug-likeness (QED) is 0.350. The maximum atomic E-state index is 6.36. The van der Waals surface area contributed by atoms with Crippen molar-refractivity contribution in [2.45, 2.75) is 27.7 Å². The van der Waals surface area contributed by atoms with E-state index in [2.05, 4.69) is 135 Å². The Bertz CT molecular complexity index is 1560. The molecule has 0 unspecified atom stereocenters. The third-order valence-electron chi connectivity index (χ3n) is 7.52. The number of ether oxygens (including phenoxy) is 1. The van der Waals surface area contributed by atoms with Gasteiger partial charge in [0.1, 0.15) is 11.5 Å². The van der Waals surface area contributed by atoms with E-state index in [-0.39, 0.29) is 6.85 Å². The highest BCUT2D eigenvalue weighted by molar-refractivity contribution is 6.81. The molecule has 2 aliphatic heterocycles. The normalized spacial score (nSPS) is 15.9. The molecule has 4 heteroatoms. The number of benzene rings is 3. The van der Waals surface area contributed by atoms with E-state index in [9.17, 15) is 0 Å². The summed E-state index contributed by atoms with van der Waals surface area (Å²) in [7, 11) is 2.18. The molecular weight excluding hydrogens is 439 g/mol. The molecule has 0 fully saturated rings. The molecule has 3 aromatic carbocycles. The van der Waals surface area contributed by atoms with Crippen LogP contribution in [0.2, 0.25) is 0 Å². The van der Waals surface area contributed by atoms with E-state index in [4.69, 9.17) is 4.74 Å². The molecule has 0 saturated carbocycles. The van der Waals surface area contributed by atoms with Crippen LogP contribution in [0.15, 0.2) is 102 Å². The average molecular weight is 469 g/mol. The maximum Gasteiger partial charge on any atom is 0.567 e. The largest absolute Gasteiger partial charge is 0.567 e. The lowest BCUT2D eigenvalue weighted by molar-refractivity contribution is -0.314. The van der Waals surface area contributed by atoms with Crippen molar-refractivity contribution in [3.05, 3.63) is 125 Å². The lowest BCUT2D eigenvalue weighted by Gasteiger charge is -2.24. The van der Waals surface area contributed by atoms with Gasteiger partial charge in [-0.25, -0.2) is 0 Å². The molecule has 6 rings (SSSR count). The van der Waals surface area contributed by atoms with Crippen molar-refractivity contribution in [2.24, 2.45) is 7.05 Å². The first-order valence-corrected chi connectivity index (χ1v) is 12.6. The molecule has 2 aliphatic rings. The number of hydrogen-bond donors (Lipinski definition) is 0. The predicted molar refractivity (Wildman–Crippen MR) is 150 cm³/mol. The van der Waals surface area contributed by atoms with Crippen molar-refractivity contribution in [2.75, 3.05) is 0 Å². The minimum absolute atomic E-state index is 0.00948. The number of hydrogen-bond acceptors (Lipinski definition) is 1. The van der Waals surface area contributed by atoms with Crippen molar-refractivity contribution < 1.29 is 9.22 Å². The van der Waals surface area contributed by atoms with Gasteiger partial charge in [0, 0.05) is 42.2 Å². The van der Waals surface area contributed by atoms with E-state index in [1.165, 1.54) is 56.0 Å². The van der Waals surface area contributed by atoms with Gasteiger partial charge in [0.25, 0.3) is 0 Å². The molecule has 4 aromatic rings. The van der Waals surface area contributed by atoms with Gasteiger partial charge in [-0.2, -0.15) is 0 Å². The number of rotatable bonds is 3. The molecule has 0 saturated heterocycles. The van der Waals surface area contributed by atoms with Gasteiger partial charge in [-0.3, -0.25) is 4.49 Å². The lowest BCUT2D eigenvalue weighted by atomic mass is 9.48. The number of para-hydroxylation sites is 2. The topological polar surface area (TPSA) is 17.2 Å². The molecule has 0 aliphatic carbocycles. The Morgan fingerprint density at radius 1 is 0.778 bits per heavy atom. The van der Waals surface area contributed by atoms with Crippen molar-refractivity contribution in [3.63, 3.8) is 0 Å². The van der Waals surface area contributed by atoms with E-state index < -0.39 is 0 Å². The number of allylic oxidation sites excluding steroid dienone is 2. The zero-order valence-electron chi connectivity index (χ0n) is 21.5. The third-order valence-corrected chi connectivity index (χ3v) is 7.52. The molecule has 0 radical (unpaired) electrons. The third kappa shape index (κ3) is 3.40. The molecule has 0 N–H and O–H groups in total. The van der Waals surface area contributed by atoms with Crippen LogP contribution in [0.4, 0.5) is 0 Å². The first-order valence-electron chi connectivity index (χ1n) is 12.6. The monoisotopic (exact) mass is 469 g/mol. The molecule has 0 bridgehead atoms. The summed E-state index contributed by atoms with van der Waals surface area (Å²) in [6, 6.07) is 30.0. The summed E-state index contributed by atoms with van der Waals surface area (Å²) in [5, 5.41) is 0. The first-order chi connectivity index (χ1) is 17.5. The maximum absolute atomic E-state index is 6.36. The second-order valence-corrected chi connectivity index (χ2v) is 9.88. The average Bonchev–Trinajstić information content (AvgIpc) is 3.31. The van der Waals surface area contributed by atoms with E-state index >= 15 is 0 Å². The first kappa shape index (κ1) is 22.4. The van der Waals surface area contributed by atoms with Crippen molar-refractivity contribution >= 4 is 29.1 Å². The van der Waals surface area contributed by atoms with E-state index in [1.807, 2.05) is 0 Å². The van der Waals surface area contributed by atoms with Crippen molar-refractivity contribution in [1.82, 2.24) is 4.57 Å². The Hall–Kier alpha value is -4.05. The fourth-order valence-electron chi connectivity index (χ4n) is 5.91. The minimum Gasteiger partial charge on any atom is -0.458 e. The summed E-state index contributed by atoms with van der Waals surface area (Å²) in [6.45, 7) is 8.88. The number of fused-ring (bicyclic) bond motifs is 2. The zero-order chi connectivity index (χ0) is 25.0. The van der Waals surface area contributed by atoms with Gasteiger partial charge in [-0.05, 0) is 50.1 Å². The Morgan fingerprint density at radius 2 is 1.36 bits per heavy atom. The molecule has 0 spiro atoms. The summed E-state index contributed by atoms with van der Waals surface area (Å²) in [5.74, 6) is 1.84. The Morgan fingerprint density at radius 3 is 1.94 bits per heavy atom. The minimum atomic E-state index is 0.00948. The summed E-state index contributed by atoms with van der Waals surface area (Å²) in [4.78, 5) is 0. The molecular formula is C32H30BN2O+. The van der Waals surface area contributed by atoms with Crippen LogP contribution in [-0.2, 0) is 7.05 Å². The van der Waals surface area contributed by atoms with Gasteiger partial charge in [0.2, 0.25) is 0 Å². The second-order valence-electron chi connectivity index (χ2n) is 9.88. The predicted octanol–water partition coefficient (Wildman–Crippen LogP) is 5.75. The van der Waals surface area contributed by atoms with Crippen LogP contribution in [-0.4, -0.2) is 21.6 Å². The fraction of sp³-hybridized carbons (Fsp3) is 0.156. The highest BCUT2D eigenvalue weighted by Crippen LogP contribution is 2.37. The molecule has 176 valence electrons.